The molecule has 1 aromatic rings. The average molecular weight is 293 g/mol. The van der Waals surface area contributed by atoms with Crippen molar-refractivity contribution in [2.45, 2.75) is 78.2 Å². The molecule has 0 saturated carbocycles. The maximum atomic E-state index is 6.13. The summed E-state index contributed by atoms with van der Waals surface area (Å²) in [5.41, 5.74) is 9.17. The second-order valence-electron chi connectivity index (χ2n) is 5.79. The van der Waals surface area contributed by atoms with Gasteiger partial charge < -0.3 is 15.2 Å². The van der Waals surface area contributed by atoms with Crippen molar-refractivity contribution >= 4 is 0 Å². The summed E-state index contributed by atoms with van der Waals surface area (Å²) in [6.07, 6.45) is 4.10. The van der Waals surface area contributed by atoms with E-state index in [-0.39, 0.29) is 18.3 Å². The van der Waals surface area contributed by atoms with Gasteiger partial charge in [0.1, 0.15) is 6.10 Å². The quantitative estimate of drug-likeness (QED) is 0.902. The van der Waals surface area contributed by atoms with Crippen molar-refractivity contribution in [1.29, 1.82) is 0 Å². The number of hydrogen-bond donors (Lipinski definition) is 1. The van der Waals surface area contributed by atoms with Crippen LogP contribution in [0.4, 0.5) is 0 Å². The second kappa shape index (κ2) is 7.18. The van der Waals surface area contributed by atoms with Crippen molar-refractivity contribution < 1.29 is 9.47 Å². The maximum absolute atomic E-state index is 6.13. The number of aromatic nitrogens is 2. The molecule has 5 nitrogen and oxygen atoms in total. The van der Waals surface area contributed by atoms with Crippen LogP contribution >= 0.6 is 0 Å². The summed E-state index contributed by atoms with van der Waals surface area (Å²) in [5.74, 6) is 0.609. The fourth-order valence-corrected chi connectivity index (χ4v) is 3.13. The first-order chi connectivity index (χ1) is 10.1. The van der Waals surface area contributed by atoms with E-state index in [9.17, 15) is 0 Å². The van der Waals surface area contributed by atoms with Gasteiger partial charge in [-0.2, -0.15) is 5.10 Å². The highest BCUT2D eigenvalue weighted by molar-refractivity contribution is 5.37. The van der Waals surface area contributed by atoms with E-state index in [1.807, 2.05) is 0 Å². The number of nitrogens with zero attached hydrogens (tertiary/aromatic N) is 2. The number of ether oxygens (including phenoxy) is 2. The molecule has 0 amide bonds. The van der Waals surface area contributed by atoms with E-state index in [0.29, 0.717) is 12.4 Å². The number of nitrogens with two attached hydrogens (primary N) is 1. The molecule has 2 rings (SSSR count). The number of hydrogen-bond acceptors (Lipinski definition) is 5. The summed E-state index contributed by atoms with van der Waals surface area (Å²) < 4.78 is 11.9. The molecule has 1 aliphatic heterocycles. The largest absolute Gasteiger partial charge is 0.473 e. The zero-order chi connectivity index (χ0) is 15.4. The van der Waals surface area contributed by atoms with E-state index < -0.39 is 0 Å². The lowest BCUT2D eigenvalue weighted by Crippen LogP contribution is -2.36. The Morgan fingerprint density at radius 3 is 2.29 bits per heavy atom. The SMILES string of the molecule is CCc1nnc(OC2CC(C)OC(C)C2)c(CN)c1CC. The van der Waals surface area contributed by atoms with Gasteiger partial charge >= 0.3 is 0 Å². The molecule has 21 heavy (non-hydrogen) atoms. The zero-order valence-corrected chi connectivity index (χ0v) is 13.6. The molecule has 2 atom stereocenters. The molecule has 0 radical (unpaired) electrons. The van der Waals surface area contributed by atoms with Crippen molar-refractivity contribution in [3.63, 3.8) is 0 Å². The molecule has 0 aliphatic carbocycles. The van der Waals surface area contributed by atoms with Crippen LogP contribution in [0.3, 0.4) is 0 Å². The van der Waals surface area contributed by atoms with Crippen LogP contribution in [0.15, 0.2) is 0 Å². The van der Waals surface area contributed by atoms with Crippen LogP contribution in [0.2, 0.25) is 0 Å². The molecule has 0 spiro atoms. The number of aryl methyl sites for hydroxylation is 1. The standard InChI is InChI=1S/C16H27N3O2/c1-5-13-14(9-17)16(19-18-15(13)6-2)21-12-7-10(3)20-11(4)8-12/h10-12H,5-9,17H2,1-4H3. The first kappa shape index (κ1) is 16.2. The molecule has 118 valence electrons. The summed E-state index contributed by atoms with van der Waals surface area (Å²) in [6, 6.07) is 0. The molecule has 1 saturated heterocycles. The van der Waals surface area contributed by atoms with E-state index in [2.05, 4.69) is 37.9 Å². The van der Waals surface area contributed by atoms with Crippen molar-refractivity contribution in [3.8, 4) is 5.88 Å². The first-order valence-electron chi connectivity index (χ1n) is 7.98. The van der Waals surface area contributed by atoms with E-state index in [1.54, 1.807) is 0 Å². The van der Waals surface area contributed by atoms with Crippen LogP contribution < -0.4 is 10.5 Å². The molecule has 2 heterocycles. The lowest BCUT2D eigenvalue weighted by atomic mass is 10.0. The van der Waals surface area contributed by atoms with Gasteiger partial charge in [-0.05, 0) is 32.3 Å². The minimum Gasteiger partial charge on any atom is -0.473 e. The fraction of sp³-hybridized carbons (Fsp3) is 0.750. The summed E-state index contributed by atoms with van der Waals surface area (Å²) >= 11 is 0. The van der Waals surface area contributed by atoms with Crippen LogP contribution in [-0.2, 0) is 24.1 Å². The lowest BCUT2D eigenvalue weighted by Gasteiger charge is -2.32. The molecule has 1 aromatic heterocycles. The lowest BCUT2D eigenvalue weighted by molar-refractivity contribution is -0.0733. The fourth-order valence-electron chi connectivity index (χ4n) is 3.13. The molecule has 2 unspecified atom stereocenters. The van der Waals surface area contributed by atoms with Gasteiger partial charge in [-0.3, -0.25) is 0 Å². The van der Waals surface area contributed by atoms with Crippen LogP contribution in [0.25, 0.3) is 0 Å². The summed E-state index contributed by atoms with van der Waals surface area (Å²) in [6.45, 7) is 8.82. The van der Waals surface area contributed by atoms with Gasteiger partial charge in [0.2, 0.25) is 5.88 Å². The highest BCUT2D eigenvalue weighted by Crippen LogP contribution is 2.27. The van der Waals surface area contributed by atoms with Gasteiger partial charge in [-0.25, -0.2) is 0 Å². The highest BCUT2D eigenvalue weighted by atomic mass is 16.5. The Morgan fingerprint density at radius 2 is 1.76 bits per heavy atom. The average Bonchev–Trinajstić information content (AvgIpc) is 2.45. The minimum absolute atomic E-state index is 0.125. The Morgan fingerprint density at radius 1 is 1.10 bits per heavy atom. The molecular formula is C16H27N3O2. The van der Waals surface area contributed by atoms with Crippen molar-refractivity contribution in [2.24, 2.45) is 5.73 Å². The number of rotatable bonds is 5. The smallest absolute Gasteiger partial charge is 0.238 e. The van der Waals surface area contributed by atoms with E-state index in [4.69, 9.17) is 15.2 Å². The van der Waals surface area contributed by atoms with Gasteiger partial charge in [0, 0.05) is 24.9 Å². The highest BCUT2D eigenvalue weighted by Gasteiger charge is 2.27. The van der Waals surface area contributed by atoms with Gasteiger partial charge in [-0.15, -0.1) is 5.10 Å². The Balaban J connectivity index is 2.23. The minimum atomic E-state index is 0.125. The maximum Gasteiger partial charge on any atom is 0.238 e. The topological polar surface area (TPSA) is 70.3 Å². The van der Waals surface area contributed by atoms with Gasteiger partial charge in [0.25, 0.3) is 0 Å². The van der Waals surface area contributed by atoms with Crippen LogP contribution in [0, 0.1) is 0 Å². The third-order valence-electron chi connectivity index (χ3n) is 4.06. The molecule has 1 aliphatic rings. The Kier molecular flexibility index (Phi) is 5.53. The van der Waals surface area contributed by atoms with E-state index in [0.717, 1.165) is 36.9 Å². The van der Waals surface area contributed by atoms with Crippen LogP contribution in [0.1, 0.15) is 57.4 Å². The first-order valence-corrected chi connectivity index (χ1v) is 7.98. The molecule has 0 bridgehead atoms. The molecule has 2 N–H and O–H groups in total. The monoisotopic (exact) mass is 293 g/mol. The third-order valence-corrected chi connectivity index (χ3v) is 4.06. The molecule has 5 heteroatoms. The Labute approximate surface area is 127 Å². The third kappa shape index (κ3) is 3.71. The molecular weight excluding hydrogens is 266 g/mol. The summed E-state index contributed by atoms with van der Waals surface area (Å²) in [5, 5.41) is 8.60. The predicted octanol–water partition coefficient (Wildman–Crippen LogP) is 2.39. The van der Waals surface area contributed by atoms with E-state index in [1.165, 1.54) is 5.56 Å². The molecule has 0 aromatic carbocycles. The second-order valence-corrected chi connectivity index (χ2v) is 5.79. The normalized spacial score (nSPS) is 25.9. The van der Waals surface area contributed by atoms with Crippen molar-refractivity contribution in [2.75, 3.05) is 0 Å². The zero-order valence-electron chi connectivity index (χ0n) is 13.6. The van der Waals surface area contributed by atoms with Crippen LogP contribution in [-0.4, -0.2) is 28.5 Å². The predicted molar refractivity (Wildman–Crippen MR) is 82.3 cm³/mol. The van der Waals surface area contributed by atoms with Crippen molar-refractivity contribution in [1.82, 2.24) is 10.2 Å². The van der Waals surface area contributed by atoms with Crippen LogP contribution in [0.5, 0.6) is 5.88 Å². The molecule has 1 fully saturated rings. The summed E-state index contributed by atoms with van der Waals surface area (Å²) in [7, 11) is 0. The summed E-state index contributed by atoms with van der Waals surface area (Å²) in [4.78, 5) is 0. The van der Waals surface area contributed by atoms with Gasteiger partial charge in [0.15, 0.2) is 0 Å². The van der Waals surface area contributed by atoms with Crippen molar-refractivity contribution in [3.05, 3.63) is 16.8 Å². The Hall–Kier alpha value is -1.20. The van der Waals surface area contributed by atoms with Gasteiger partial charge in [-0.1, -0.05) is 13.8 Å². The Bertz CT molecular complexity index is 469. The van der Waals surface area contributed by atoms with Gasteiger partial charge in [0.05, 0.1) is 17.9 Å². The van der Waals surface area contributed by atoms with E-state index >= 15 is 0 Å².